The predicted octanol–water partition coefficient (Wildman–Crippen LogP) is 0.992. The molecule has 2 heterocycles. The lowest BCUT2D eigenvalue weighted by Gasteiger charge is -2.31. The number of aromatic nitrogens is 2. The first kappa shape index (κ1) is 11.8. The largest absolute Gasteiger partial charge is 0.389 e. The summed E-state index contributed by atoms with van der Waals surface area (Å²) in [6, 6.07) is 0. The van der Waals surface area contributed by atoms with Gasteiger partial charge in [0.25, 0.3) is 0 Å². The van der Waals surface area contributed by atoms with Crippen molar-refractivity contribution >= 4 is 11.8 Å². The first-order valence-electron chi connectivity index (χ1n) is 5.53. The van der Waals surface area contributed by atoms with E-state index < -0.39 is 5.60 Å². The molecule has 0 atom stereocenters. The number of nitrogens with zero attached hydrogens (tertiary/aromatic N) is 2. The van der Waals surface area contributed by atoms with Gasteiger partial charge < -0.3 is 10.4 Å². The molecule has 4 nitrogen and oxygen atoms in total. The van der Waals surface area contributed by atoms with E-state index in [1.165, 1.54) is 11.8 Å². The molecule has 0 spiro atoms. The van der Waals surface area contributed by atoms with E-state index in [0.717, 1.165) is 36.7 Å². The minimum absolute atomic E-state index is 0.551. The minimum Gasteiger partial charge on any atom is -0.389 e. The van der Waals surface area contributed by atoms with E-state index in [-0.39, 0.29) is 0 Å². The van der Waals surface area contributed by atoms with Crippen LogP contribution in [0.25, 0.3) is 0 Å². The van der Waals surface area contributed by atoms with Crippen molar-refractivity contribution < 1.29 is 5.11 Å². The highest BCUT2D eigenvalue weighted by atomic mass is 32.2. The van der Waals surface area contributed by atoms with Gasteiger partial charge in [0.15, 0.2) is 5.16 Å². The van der Waals surface area contributed by atoms with Gasteiger partial charge in [-0.2, -0.15) is 0 Å². The fraction of sp³-hybridized carbons (Fsp3) is 0.636. The number of hydrogen-bond acceptors (Lipinski definition) is 5. The third-order valence-electron chi connectivity index (χ3n) is 2.76. The van der Waals surface area contributed by atoms with Crippen molar-refractivity contribution in [3.63, 3.8) is 0 Å². The van der Waals surface area contributed by atoms with Crippen molar-refractivity contribution in [3.8, 4) is 0 Å². The van der Waals surface area contributed by atoms with Crippen LogP contribution in [0.3, 0.4) is 0 Å². The molecule has 2 rings (SSSR count). The number of rotatable bonds is 3. The SMILES string of the molecule is Cc1cnc(SCC2(O)CCNCC2)nc1. The predicted molar refractivity (Wildman–Crippen MR) is 64.5 cm³/mol. The van der Waals surface area contributed by atoms with Gasteiger partial charge >= 0.3 is 0 Å². The van der Waals surface area contributed by atoms with Crippen LogP contribution in [0.1, 0.15) is 18.4 Å². The van der Waals surface area contributed by atoms with E-state index >= 15 is 0 Å². The average molecular weight is 239 g/mol. The Kier molecular flexibility index (Phi) is 3.78. The molecule has 1 aliphatic heterocycles. The fourth-order valence-electron chi connectivity index (χ4n) is 1.69. The molecule has 5 heteroatoms. The summed E-state index contributed by atoms with van der Waals surface area (Å²) in [5, 5.41) is 14.3. The highest BCUT2D eigenvalue weighted by molar-refractivity contribution is 7.99. The highest BCUT2D eigenvalue weighted by Crippen LogP contribution is 2.25. The third kappa shape index (κ3) is 3.17. The van der Waals surface area contributed by atoms with Crippen molar-refractivity contribution in [2.45, 2.75) is 30.5 Å². The van der Waals surface area contributed by atoms with Crippen molar-refractivity contribution in [1.82, 2.24) is 15.3 Å². The van der Waals surface area contributed by atoms with Crippen molar-refractivity contribution in [3.05, 3.63) is 18.0 Å². The van der Waals surface area contributed by atoms with E-state index in [1.54, 1.807) is 0 Å². The second-order valence-corrected chi connectivity index (χ2v) is 5.25. The lowest BCUT2D eigenvalue weighted by molar-refractivity contribution is 0.0339. The molecule has 2 N–H and O–H groups in total. The molecule has 0 aromatic carbocycles. The summed E-state index contributed by atoms with van der Waals surface area (Å²) in [7, 11) is 0. The van der Waals surface area contributed by atoms with Gasteiger partial charge in [-0.1, -0.05) is 11.8 Å². The topological polar surface area (TPSA) is 58.0 Å². The number of hydrogen-bond donors (Lipinski definition) is 2. The molecule has 88 valence electrons. The van der Waals surface area contributed by atoms with Crippen LogP contribution in [-0.2, 0) is 0 Å². The smallest absolute Gasteiger partial charge is 0.187 e. The summed E-state index contributed by atoms with van der Waals surface area (Å²) < 4.78 is 0. The minimum atomic E-state index is -0.551. The average Bonchev–Trinajstić information content (AvgIpc) is 2.29. The molecule has 1 fully saturated rings. The Morgan fingerprint density at radius 1 is 1.38 bits per heavy atom. The summed E-state index contributed by atoms with van der Waals surface area (Å²) in [5.74, 6) is 0.678. The molecule has 0 amide bonds. The van der Waals surface area contributed by atoms with Crippen molar-refractivity contribution in [2.24, 2.45) is 0 Å². The number of nitrogens with one attached hydrogen (secondary N) is 1. The van der Waals surface area contributed by atoms with Gasteiger partial charge in [-0.05, 0) is 38.4 Å². The standard InChI is InChI=1S/C11H17N3OS/c1-9-6-13-10(14-7-9)16-8-11(15)2-4-12-5-3-11/h6-7,12,15H,2-5,8H2,1H3. The normalized spacial score (nSPS) is 19.6. The third-order valence-corrected chi connectivity index (χ3v) is 3.91. The zero-order valence-corrected chi connectivity index (χ0v) is 10.3. The van der Waals surface area contributed by atoms with Gasteiger partial charge in [-0.25, -0.2) is 9.97 Å². The molecule has 0 saturated carbocycles. The maximum atomic E-state index is 10.3. The molecular formula is C11H17N3OS. The van der Waals surface area contributed by atoms with Gasteiger partial charge in [-0.3, -0.25) is 0 Å². The van der Waals surface area contributed by atoms with Gasteiger partial charge in [0, 0.05) is 18.1 Å². The molecule has 0 aliphatic carbocycles. The molecule has 1 aliphatic rings. The second-order valence-electron chi connectivity index (χ2n) is 4.31. The first-order chi connectivity index (χ1) is 7.68. The van der Waals surface area contributed by atoms with Crippen LogP contribution in [0, 0.1) is 6.92 Å². The molecule has 0 bridgehead atoms. The van der Waals surface area contributed by atoms with Crippen LogP contribution in [0.15, 0.2) is 17.6 Å². The van der Waals surface area contributed by atoms with Crippen LogP contribution in [0.5, 0.6) is 0 Å². The molecule has 0 unspecified atom stereocenters. The van der Waals surface area contributed by atoms with Gasteiger partial charge in [-0.15, -0.1) is 0 Å². The van der Waals surface area contributed by atoms with Crippen LogP contribution in [0.4, 0.5) is 0 Å². The van der Waals surface area contributed by atoms with Gasteiger partial charge in [0.2, 0.25) is 0 Å². The zero-order chi connectivity index (χ0) is 11.4. The van der Waals surface area contributed by atoms with E-state index in [1.807, 2.05) is 19.3 Å². The quantitative estimate of drug-likeness (QED) is 0.608. The van der Waals surface area contributed by atoms with Crippen LogP contribution < -0.4 is 5.32 Å². The van der Waals surface area contributed by atoms with Gasteiger partial charge in [0.1, 0.15) is 0 Å². The monoisotopic (exact) mass is 239 g/mol. The maximum Gasteiger partial charge on any atom is 0.187 e. The van der Waals surface area contributed by atoms with Crippen LogP contribution in [-0.4, -0.2) is 39.5 Å². The van der Waals surface area contributed by atoms with Crippen LogP contribution in [0.2, 0.25) is 0 Å². The lowest BCUT2D eigenvalue weighted by Crippen LogP contribution is -2.43. The van der Waals surface area contributed by atoms with E-state index in [2.05, 4.69) is 15.3 Å². The van der Waals surface area contributed by atoms with Crippen LogP contribution >= 0.6 is 11.8 Å². The van der Waals surface area contributed by atoms with E-state index in [0.29, 0.717) is 5.75 Å². The highest BCUT2D eigenvalue weighted by Gasteiger charge is 2.29. The van der Waals surface area contributed by atoms with Crippen molar-refractivity contribution in [1.29, 1.82) is 0 Å². The molecular weight excluding hydrogens is 222 g/mol. The van der Waals surface area contributed by atoms with Gasteiger partial charge in [0.05, 0.1) is 5.60 Å². The number of aryl methyl sites for hydroxylation is 1. The summed E-state index contributed by atoms with van der Waals surface area (Å²) in [6.07, 6.45) is 5.24. The van der Waals surface area contributed by atoms with E-state index in [9.17, 15) is 5.11 Å². The number of piperidine rings is 1. The summed E-state index contributed by atoms with van der Waals surface area (Å²) in [4.78, 5) is 8.44. The van der Waals surface area contributed by atoms with E-state index in [4.69, 9.17) is 0 Å². The Morgan fingerprint density at radius 3 is 2.62 bits per heavy atom. The molecule has 0 radical (unpaired) electrons. The second kappa shape index (κ2) is 5.12. The lowest BCUT2D eigenvalue weighted by atomic mass is 9.95. The molecule has 1 aromatic heterocycles. The summed E-state index contributed by atoms with van der Waals surface area (Å²) in [6.45, 7) is 3.76. The Labute approximate surface area is 99.9 Å². The van der Waals surface area contributed by atoms with Crippen molar-refractivity contribution in [2.75, 3.05) is 18.8 Å². The molecule has 16 heavy (non-hydrogen) atoms. The number of aliphatic hydroxyl groups is 1. The maximum absolute atomic E-state index is 10.3. The number of thioether (sulfide) groups is 1. The Morgan fingerprint density at radius 2 is 2.00 bits per heavy atom. The Hall–Kier alpha value is -0.650. The Bertz CT molecular complexity index is 336. The Balaban J connectivity index is 1.88. The summed E-state index contributed by atoms with van der Waals surface area (Å²) >= 11 is 1.53. The summed E-state index contributed by atoms with van der Waals surface area (Å²) in [5.41, 5.74) is 0.509. The molecule has 1 saturated heterocycles. The first-order valence-corrected chi connectivity index (χ1v) is 6.51. The zero-order valence-electron chi connectivity index (χ0n) is 9.44. The fourth-order valence-corrected chi connectivity index (χ4v) is 2.63. The molecule has 1 aromatic rings.